The molecule has 1 rings (SSSR count). The summed E-state index contributed by atoms with van der Waals surface area (Å²) >= 11 is 0. The largest absolute Gasteiger partial charge is 0.467 e. The Bertz CT molecular complexity index is 371. The zero-order valence-corrected chi connectivity index (χ0v) is 11.5. The Morgan fingerprint density at radius 2 is 2.05 bits per heavy atom. The maximum absolute atomic E-state index is 12.0. The molecule has 0 aromatic carbocycles. The summed E-state index contributed by atoms with van der Waals surface area (Å²) in [6.07, 6.45) is -0.391. The molecule has 2 amide bonds. The third kappa shape index (κ3) is 3.36. The van der Waals surface area contributed by atoms with Crippen molar-refractivity contribution >= 4 is 18.0 Å². The standard InChI is InChI=1S/C12H20N2O5/c1-4-8(2)10(11(16)19-3)14-6-5-13(12(17)18)7-9(14)15/h8,10H,4-7H2,1-3H3,(H,17,18)/t8-,10-/m0/s1. The summed E-state index contributed by atoms with van der Waals surface area (Å²) in [5.41, 5.74) is 0. The fourth-order valence-electron chi connectivity index (χ4n) is 2.15. The van der Waals surface area contributed by atoms with Crippen LogP contribution in [0, 0.1) is 5.92 Å². The molecule has 1 aliphatic heterocycles. The van der Waals surface area contributed by atoms with E-state index in [0.29, 0.717) is 0 Å². The molecule has 0 radical (unpaired) electrons. The molecule has 7 nitrogen and oxygen atoms in total. The molecule has 1 heterocycles. The van der Waals surface area contributed by atoms with Crippen molar-refractivity contribution in [1.29, 1.82) is 0 Å². The van der Waals surface area contributed by atoms with Crippen LogP contribution in [0.2, 0.25) is 0 Å². The Morgan fingerprint density at radius 3 is 2.47 bits per heavy atom. The highest BCUT2D eigenvalue weighted by Gasteiger charge is 2.38. The zero-order chi connectivity index (χ0) is 14.6. The highest BCUT2D eigenvalue weighted by atomic mass is 16.5. The van der Waals surface area contributed by atoms with E-state index in [9.17, 15) is 14.4 Å². The van der Waals surface area contributed by atoms with E-state index in [-0.39, 0.29) is 31.5 Å². The number of rotatable bonds is 4. The van der Waals surface area contributed by atoms with Gasteiger partial charge in [-0.05, 0) is 5.92 Å². The van der Waals surface area contributed by atoms with Gasteiger partial charge in [-0.2, -0.15) is 0 Å². The summed E-state index contributed by atoms with van der Waals surface area (Å²) in [7, 11) is 1.29. The molecule has 0 saturated carbocycles. The van der Waals surface area contributed by atoms with Gasteiger partial charge < -0.3 is 14.7 Å². The molecular weight excluding hydrogens is 252 g/mol. The summed E-state index contributed by atoms with van der Waals surface area (Å²) in [5.74, 6) is -0.844. The van der Waals surface area contributed by atoms with E-state index in [1.807, 2.05) is 13.8 Å². The number of amides is 2. The third-order valence-electron chi connectivity index (χ3n) is 3.49. The lowest BCUT2D eigenvalue weighted by atomic mass is 9.97. The summed E-state index contributed by atoms with van der Waals surface area (Å²) < 4.78 is 4.75. The zero-order valence-electron chi connectivity index (χ0n) is 11.5. The summed E-state index contributed by atoms with van der Waals surface area (Å²) in [4.78, 5) is 37.1. The maximum Gasteiger partial charge on any atom is 0.407 e. The van der Waals surface area contributed by atoms with Crippen molar-refractivity contribution in [2.24, 2.45) is 5.92 Å². The molecular formula is C12H20N2O5. The number of carboxylic acid groups (broad SMARTS) is 1. The summed E-state index contributed by atoms with van der Waals surface area (Å²) in [5, 5.41) is 8.86. The number of nitrogens with zero attached hydrogens (tertiary/aromatic N) is 2. The number of hydrogen-bond donors (Lipinski definition) is 1. The molecule has 1 fully saturated rings. The van der Waals surface area contributed by atoms with E-state index in [0.717, 1.165) is 11.3 Å². The van der Waals surface area contributed by atoms with Crippen LogP contribution in [0.5, 0.6) is 0 Å². The fourth-order valence-corrected chi connectivity index (χ4v) is 2.15. The second kappa shape index (κ2) is 6.40. The number of carbonyl (C=O) groups is 3. The smallest absolute Gasteiger partial charge is 0.407 e. The van der Waals surface area contributed by atoms with Gasteiger partial charge in [-0.15, -0.1) is 0 Å². The van der Waals surface area contributed by atoms with Gasteiger partial charge in [0.25, 0.3) is 0 Å². The van der Waals surface area contributed by atoms with E-state index in [1.54, 1.807) is 0 Å². The van der Waals surface area contributed by atoms with E-state index in [2.05, 4.69) is 0 Å². The number of hydrogen-bond acceptors (Lipinski definition) is 4. The molecule has 2 atom stereocenters. The maximum atomic E-state index is 12.0. The van der Waals surface area contributed by atoms with Crippen LogP contribution >= 0.6 is 0 Å². The van der Waals surface area contributed by atoms with Crippen molar-refractivity contribution in [2.75, 3.05) is 26.7 Å². The molecule has 108 valence electrons. The number of carbonyl (C=O) groups excluding carboxylic acids is 2. The SMILES string of the molecule is CC[C@H](C)[C@@H](C(=O)OC)N1CCN(C(=O)O)CC1=O. The third-order valence-corrected chi connectivity index (χ3v) is 3.49. The molecule has 0 unspecified atom stereocenters. The quantitative estimate of drug-likeness (QED) is 0.748. The van der Waals surface area contributed by atoms with Gasteiger partial charge >= 0.3 is 12.1 Å². The molecule has 0 bridgehead atoms. The van der Waals surface area contributed by atoms with Crippen LogP contribution in [0.4, 0.5) is 4.79 Å². The molecule has 1 aliphatic rings. The average Bonchev–Trinajstić information content (AvgIpc) is 2.39. The number of esters is 1. The molecule has 0 spiro atoms. The summed E-state index contributed by atoms with van der Waals surface area (Å²) in [6.45, 7) is 4.02. The van der Waals surface area contributed by atoms with Crippen molar-refractivity contribution < 1.29 is 24.2 Å². The van der Waals surface area contributed by atoms with Crippen molar-refractivity contribution in [3.63, 3.8) is 0 Å². The average molecular weight is 272 g/mol. The van der Waals surface area contributed by atoms with Crippen LogP contribution in [0.25, 0.3) is 0 Å². The predicted octanol–water partition coefficient (Wildman–Crippen LogP) is 0.396. The molecule has 1 N–H and O–H groups in total. The lowest BCUT2D eigenvalue weighted by Gasteiger charge is -2.38. The Morgan fingerprint density at radius 1 is 1.42 bits per heavy atom. The minimum Gasteiger partial charge on any atom is -0.467 e. The Balaban J connectivity index is 2.84. The van der Waals surface area contributed by atoms with Gasteiger partial charge in [0.1, 0.15) is 12.6 Å². The van der Waals surface area contributed by atoms with Crippen LogP contribution < -0.4 is 0 Å². The van der Waals surface area contributed by atoms with Crippen LogP contribution in [0.3, 0.4) is 0 Å². The minimum atomic E-state index is -1.12. The van der Waals surface area contributed by atoms with Gasteiger partial charge in [0.2, 0.25) is 5.91 Å². The van der Waals surface area contributed by atoms with E-state index >= 15 is 0 Å². The highest BCUT2D eigenvalue weighted by Crippen LogP contribution is 2.19. The summed E-state index contributed by atoms with van der Waals surface area (Å²) in [6, 6.07) is -0.640. The molecule has 7 heteroatoms. The van der Waals surface area contributed by atoms with Crippen molar-refractivity contribution in [2.45, 2.75) is 26.3 Å². The number of piperazine rings is 1. The number of ether oxygens (including phenoxy) is 1. The fraction of sp³-hybridized carbons (Fsp3) is 0.750. The Kier molecular flexibility index (Phi) is 5.14. The predicted molar refractivity (Wildman–Crippen MR) is 66.6 cm³/mol. The topological polar surface area (TPSA) is 87.2 Å². The second-order valence-corrected chi connectivity index (χ2v) is 4.64. The van der Waals surface area contributed by atoms with E-state index < -0.39 is 18.1 Å². The first-order valence-electron chi connectivity index (χ1n) is 6.27. The van der Waals surface area contributed by atoms with Gasteiger partial charge in [0.15, 0.2) is 0 Å². The van der Waals surface area contributed by atoms with Crippen LogP contribution in [-0.4, -0.2) is 65.7 Å². The molecule has 1 saturated heterocycles. The molecule has 0 aliphatic carbocycles. The van der Waals surface area contributed by atoms with Crippen molar-refractivity contribution in [3.8, 4) is 0 Å². The molecule has 0 aromatic heterocycles. The molecule has 19 heavy (non-hydrogen) atoms. The normalized spacial score (nSPS) is 19.0. The van der Waals surface area contributed by atoms with Crippen LogP contribution in [-0.2, 0) is 14.3 Å². The van der Waals surface area contributed by atoms with Crippen LogP contribution in [0.1, 0.15) is 20.3 Å². The highest BCUT2D eigenvalue weighted by molar-refractivity contribution is 5.88. The van der Waals surface area contributed by atoms with E-state index in [1.165, 1.54) is 12.0 Å². The first kappa shape index (κ1) is 15.3. The van der Waals surface area contributed by atoms with Gasteiger partial charge in [-0.3, -0.25) is 9.69 Å². The monoisotopic (exact) mass is 272 g/mol. The minimum absolute atomic E-state index is 0.0345. The van der Waals surface area contributed by atoms with Gasteiger partial charge in [-0.25, -0.2) is 9.59 Å². The van der Waals surface area contributed by atoms with Crippen molar-refractivity contribution in [1.82, 2.24) is 9.80 Å². The Labute approximate surface area is 112 Å². The first-order valence-corrected chi connectivity index (χ1v) is 6.27. The molecule has 0 aromatic rings. The Hall–Kier alpha value is -1.79. The van der Waals surface area contributed by atoms with Crippen molar-refractivity contribution in [3.05, 3.63) is 0 Å². The van der Waals surface area contributed by atoms with Gasteiger partial charge in [0, 0.05) is 13.1 Å². The lowest BCUT2D eigenvalue weighted by Crippen LogP contribution is -2.58. The second-order valence-electron chi connectivity index (χ2n) is 4.64. The first-order chi connectivity index (χ1) is 8.92. The van der Waals surface area contributed by atoms with E-state index in [4.69, 9.17) is 9.84 Å². The number of methoxy groups -OCH3 is 1. The van der Waals surface area contributed by atoms with Gasteiger partial charge in [0.05, 0.1) is 7.11 Å². The van der Waals surface area contributed by atoms with Gasteiger partial charge in [-0.1, -0.05) is 20.3 Å². The van der Waals surface area contributed by atoms with Crippen LogP contribution in [0.15, 0.2) is 0 Å². The lowest BCUT2D eigenvalue weighted by molar-refractivity contribution is -0.157.